The van der Waals surface area contributed by atoms with Crippen molar-refractivity contribution in [1.29, 1.82) is 0 Å². The molecule has 0 aliphatic carbocycles. The number of likely N-dealkylation sites (tertiary alicyclic amines) is 1. The summed E-state index contributed by atoms with van der Waals surface area (Å²) in [7, 11) is 0. The zero-order valence-corrected chi connectivity index (χ0v) is 18.1. The molecule has 3 heterocycles. The first-order valence-electron chi connectivity index (χ1n) is 11.1. The van der Waals surface area contributed by atoms with Crippen LogP contribution in [0.4, 0.5) is 0 Å². The van der Waals surface area contributed by atoms with E-state index in [9.17, 15) is 19.2 Å². The maximum atomic E-state index is 13.2. The number of carbonyl (C=O) groups is 4. The monoisotopic (exact) mass is 426 g/mol. The Kier molecular flexibility index (Phi) is 6.20. The van der Waals surface area contributed by atoms with Gasteiger partial charge in [-0.3, -0.25) is 34.3 Å². The van der Waals surface area contributed by atoms with Crippen molar-refractivity contribution < 1.29 is 19.2 Å². The molecule has 0 radical (unpaired) electrons. The molecule has 1 aromatic rings. The fourth-order valence-electron chi connectivity index (χ4n) is 4.66. The maximum Gasteiger partial charge on any atom is 0.262 e. The van der Waals surface area contributed by atoms with Crippen LogP contribution in [0, 0.1) is 5.92 Å². The van der Waals surface area contributed by atoms with Gasteiger partial charge in [0.05, 0.1) is 11.1 Å². The van der Waals surface area contributed by atoms with Crippen molar-refractivity contribution >= 4 is 23.6 Å². The van der Waals surface area contributed by atoms with E-state index in [2.05, 4.69) is 29.4 Å². The van der Waals surface area contributed by atoms with E-state index < -0.39 is 23.8 Å². The molecular formula is C23H30N4O4. The van der Waals surface area contributed by atoms with Crippen molar-refractivity contribution in [2.75, 3.05) is 19.6 Å². The smallest absolute Gasteiger partial charge is 0.262 e. The topological polar surface area (TPSA) is 98.8 Å². The van der Waals surface area contributed by atoms with Crippen molar-refractivity contribution in [2.24, 2.45) is 5.92 Å². The van der Waals surface area contributed by atoms with Crippen LogP contribution >= 0.6 is 0 Å². The van der Waals surface area contributed by atoms with E-state index >= 15 is 0 Å². The number of hydrogen-bond acceptors (Lipinski definition) is 6. The molecule has 166 valence electrons. The van der Waals surface area contributed by atoms with Crippen molar-refractivity contribution in [2.45, 2.75) is 58.2 Å². The first kappa shape index (κ1) is 21.6. The number of rotatable bonds is 6. The molecule has 2 N–H and O–H groups in total. The number of amides is 4. The quantitative estimate of drug-likeness (QED) is 0.666. The highest BCUT2D eigenvalue weighted by Gasteiger charge is 2.45. The summed E-state index contributed by atoms with van der Waals surface area (Å²) in [5.74, 6) is -1.21. The fourth-order valence-corrected chi connectivity index (χ4v) is 4.66. The number of nitrogens with one attached hydrogen (secondary N) is 2. The van der Waals surface area contributed by atoms with Crippen LogP contribution in [0.15, 0.2) is 18.2 Å². The molecule has 4 rings (SSSR count). The molecule has 0 aromatic heterocycles. The SMILES string of the molecule is CC(C)CNC1CCN(Cc2cccc3c2C(=O)N(C2CCC(=O)NC2=O)C3=O)CC1. The Labute approximate surface area is 182 Å². The average molecular weight is 427 g/mol. The Bertz CT molecular complexity index is 905. The van der Waals surface area contributed by atoms with Gasteiger partial charge in [-0.2, -0.15) is 0 Å². The van der Waals surface area contributed by atoms with Crippen molar-refractivity contribution in [3.8, 4) is 0 Å². The summed E-state index contributed by atoms with van der Waals surface area (Å²) in [6.45, 7) is 7.88. The standard InChI is InChI=1S/C23H30N4O4/c1-14(2)12-24-16-8-10-26(11-9-16)13-15-4-3-5-17-20(15)23(31)27(22(17)30)18-6-7-19(28)25-21(18)29/h3-5,14,16,18,24H,6-13H2,1-2H3,(H,25,28,29). The highest BCUT2D eigenvalue weighted by Crippen LogP contribution is 2.31. The summed E-state index contributed by atoms with van der Waals surface area (Å²) in [6.07, 6.45) is 2.40. The zero-order valence-electron chi connectivity index (χ0n) is 18.1. The van der Waals surface area contributed by atoms with Gasteiger partial charge >= 0.3 is 0 Å². The van der Waals surface area contributed by atoms with Gasteiger partial charge in [0.1, 0.15) is 6.04 Å². The van der Waals surface area contributed by atoms with Gasteiger partial charge in [-0.15, -0.1) is 0 Å². The average Bonchev–Trinajstić information content (AvgIpc) is 2.99. The Morgan fingerprint density at radius 3 is 2.48 bits per heavy atom. The number of imide groups is 2. The van der Waals surface area contributed by atoms with Gasteiger partial charge in [-0.05, 0) is 56.4 Å². The van der Waals surface area contributed by atoms with Crippen LogP contribution in [0.2, 0.25) is 0 Å². The van der Waals surface area contributed by atoms with Crippen molar-refractivity contribution in [1.82, 2.24) is 20.4 Å². The number of carbonyl (C=O) groups excluding carboxylic acids is 4. The predicted octanol–water partition coefficient (Wildman–Crippen LogP) is 1.30. The lowest BCUT2D eigenvalue weighted by Gasteiger charge is -2.33. The summed E-state index contributed by atoms with van der Waals surface area (Å²) in [6, 6.07) is 4.92. The molecule has 1 unspecified atom stereocenters. The number of nitrogens with zero attached hydrogens (tertiary/aromatic N) is 2. The minimum atomic E-state index is -0.930. The summed E-state index contributed by atoms with van der Waals surface area (Å²) in [4.78, 5) is 53.3. The lowest BCUT2D eigenvalue weighted by molar-refractivity contribution is -0.136. The molecule has 1 aromatic carbocycles. The Balaban J connectivity index is 1.46. The van der Waals surface area contributed by atoms with E-state index in [4.69, 9.17) is 0 Å². The van der Waals surface area contributed by atoms with Gasteiger partial charge in [0.15, 0.2) is 0 Å². The van der Waals surface area contributed by atoms with Crippen molar-refractivity contribution in [3.05, 3.63) is 34.9 Å². The van der Waals surface area contributed by atoms with E-state index in [0.29, 0.717) is 29.6 Å². The Morgan fingerprint density at radius 2 is 1.81 bits per heavy atom. The largest absolute Gasteiger partial charge is 0.314 e. The number of piperidine rings is 2. The summed E-state index contributed by atoms with van der Waals surface area (Å²) in [5.41, 5.74) is 1.57. The number of hydrogen-bond donors (Lipinski definition) is 2. The maximum absolute atomic E-state index is 13.2. The van der Waals surface area contributed by atoms with E-state index in [1.54, 1.807) is 12.1 Å². The van der Waals surface area contributed by atoms with Crippen molar-refractivity contribution in [3.63, 3.8) is 0 Å². The Hall–Kier alpha value is -2.58. The van der Waals surface area contributed by atoms with E-state index in [1.807, 2.05) is 6.07 Å². The normalized spacial score (nSPS) is 22.9. The fraction of sp³-hybridized carbons (Fsp3) is 0.565. The molecule has 8 nitrogen and oxygen atoms in total. The van der Waals surface area contributed by atoms with E-state index in [-0.39, 0.29) is 18.7 Å². The minimum Gasteiger partial charge on any atom is -0.314 e. The van der Waals surface area contributed by atoms with Gasteiger partial charge in [0, 0.05) is 19.0 Å². The zero-order chi connectivity index (χ0) is 22.1. The van der Waals surface area contributed by atoms with Crippen LogP contribution in [-0.2, 0) is 16.1 Å². The lowest BCUT2D eigenvalue weighted by Crippen LogP contribution is -2.54. The molecule has 0 spiro atoms. The predicted molar refractivity (Wildman–Crippen MR) is 114 cm³/mol. The summed E-state index contributed by atoms with van der Waals surface area (Å²) >= 11 is 0. The first-order valence-corrected chi connectivity index (χ1v) is 11.1. The Morgan fingerprint density at radius 1 is 1.06 bits per heavy atom. The second kappa shape index (κ2) is 8.88. The molecular weight excluding hydrogens is 396 g/mol. The molecule has 2 fully saturated rings. The highest BCUT2D eigenvalue weighted by molar-refractivity contribution is 6.24. The van der Waals surface area contributed by atoms with Crippen LogP contribution in [0.25, 0.3) is 0 Å². The van der Waals surface area contributed by atoms with Crippen LogP contribution in [0.5, 0.6) is 0 Å². The number of fused-ring (bicyclic) bond motifs is 1. The molecule has 3 aliphatic rings. The third kappa shape index (κ3) is 4.41. The van der Waals surface area contributed by atoms with E-state index in [0.717, 1.165) is 42.9 Å². The molecule has 8 heteroatoms. The van der Waals surface area contributed by atoms with Crippen LogP contribution in [-0.4, -0.2) is 65.1 Å². The second-order valence-corrected chi connectivity index (χ2v) is 9.14. The second-order valence-electron chi connectivity index (χ2n) is 9.14. The van der Waals surface area contributed by atoms with Gasteiger partial charge < -0.3 is 5.32 Å². The summed E-state index contributed by atoms with van der Waals surface area (Å²) in [5, 5.41) is 5.85. The summed E-state index contributed by atoms with van der Waals surface area (Å²) < 4.78 is 0. The van der Waals surface area contributed by atoms with Crippen LogP contribution in [0.1, 0.15) is 65.8 Å². The molecule has 2 saturated heterocycles. The van der Waals surface area contributed by atoms with Gasteiger partial charge in [0.2, 0.25) is 11.8 Å². The highest BCUT2D eigenvalue weighted by atomic mass is 16.2. The van der Waals surface area contributed by atoms with Gasteiger partial charge in [-0.25, -0.2) is 0 Å². The first-order chi connectivity index (χ1) is 14.8. The molecule has 4 amide bonds. The molecule has 1 atom stereocenters. The van der Waals surface area contributed by atoms with Gasteiger partial charge in [0.25, 0.3) is 11.8 Å². The lowest BCUT2D eigenvalue weighted by atomic mass is 10.00. The molecule has 31 heavy (non-hydrogen) atoms. The third-order valence-electron chi connectivity index (χ3n) is 6.35. The van der Waals surface area contributed by atoms with Crippen LogP contribution < -0.4 is 10.6 Å². The van der Waals surface area contributed by atoms with Crippen LogP contribution in [0.3, 0.4) is 0 Å². The van der Waals surface area contributed by atoms with E-state index in [1.165, 1.54) is 0 Å². The minimum absolute atomic E-state index is 0.121. The molecule has 0 saturated carbocycles. The van der Waals surface area contributed by atoms with Gasteiger partial charge in [-0.1, -0.05) is 26.0 Å². The molecule has 0 bridgehead atoms. The molecule has 3 aliphatic heterocycles. The number of benzene rings is 1. The third-order valence-corrected chi connectivity index (χ3v) is 6.35.